The van der Waals surface area contributed by atoms with Crippen LogP contribution >= 0.6 is 0 Å². The summed E-state index contributed by atoms with van der Waals surface area (Å²) in [5.74, 6) is 2.12. The molecule has 0 spiro atoms. The zero-order chi connectivity index (χ0) is 17.0. The van der Waals surface area contributed by atoms with Crippen LogP contribution in [0.3, 0.4) is 0 Å². The van der Waals surface area contributed by atoms with Crippen molar-refractivity contribution in [3.63, 3.8) is 0 Å². The maximum atomic E-state index is 10.5. The number of fused-ring (bicyclic) bond motifs is 3. The molecule has 2 nitrogen and oxygen atoms in total. The van der Waals surface area contributed by atoms with E-state index in [1.54, 1.807) is 0 Å². The molecular weight excluding hydrogens is 284 g/mol. The van der Waals surface area contributed by atoms with Gasteiger partial charge in [0.05, 0.1) is 13.2 Å². The normalized spacial score (nSPS) is 32.3. The van der Waals surface area contributed by atoms with Gasteiger partial charge in [-0.05, 0) is 65.0 Å². The lowest BCUT2D eigenvalue weighted by molar-refractivity contribution is -0.0732. The number of hydrogen-bond donors (Lipinski definition) is 1. The Bertz CT molecular complexity index is 602. The topological polar surface area (TPSA) is 29.5 Å². The van der Waals surface area contributed by atoms with Crippen molar-refractivity contribution in [1.29, 1.82) is 0 Å². The minimum atomic E-state index is -0.182. The molecule has 0 amide bonds. The Balaban J connectivity index is 2.15. The van der Waals surface area contributed by atoms with Crippen molar-refractivity contribution in [2.75, 3.05) is 7.11 Å². The number of hydrogen-bond acceptors (Lipinski definition) is 2. The third-order valence-corrected chi connectivity index (χ3v) is 6.88. The van der Waals surface area contributed by atoms with Gasteiger partial charge in [-0.15, -0.1) is 0 Å². The van der Waals surface area contributed by atoms with Gasteiger partial charge in [0.2, 0.25) is 0 Å². The zero-order valence-corrected chi connectivity index (χ0v) is 15.6. The maximum Gasteiger partial charge on any atom is 0.125 e. The highest BCUT2D eigenvalue weighted by Crippen LogP contribution is 2.58. The molecule has 128 valence electrons. The molecule has 0 aromatic heterocycles. The lowest BCUT2D eigenvalue weighted by atomic mass is 9.49. The summed E-state index contributed by atoms with van der Waals surface area (Å²) in [6.45, 7) is 11.4. The average molecular weight is 316 g/mol. The van der Waals surface area contributed by atoms with Crippen LogP contribution in [0.15, 0.2) is 12.1 Å². The Hall–Kier alpha value is -1.02. The summed E-state index contributed by atoms with van der Waals surface area (Å²) in [7, 11) is 1.81. The van der Waals surface area contributed by atoms with E-state index in [0.717, 1.165) is 31.4 Å². The van der Waals surface area contributed by atoms with E-state index in [2.05, 4.69) is 46.8 Å². The van der Waals surface area contributed by atoms with E-state index in [1.807, 2.05) is 7.11 Å². The molecule has 0 saturated heterocycles. The van der Waals surface area contributed by atoms with Gasteiger partial charge in [0.15, 0.2) is 0 Å². The van der Waals surface area contributed by atoms with Crippen LogP contribution in [-0.4, -0.2) is 18.3 Å². The molecule has 1 fully saturated rings. The minimum Gasteiger partial charge on any atom is -0.496 e. The fourth-order valence-corrected chi connectivity index (χ4v) is 5.46. The second-order valence-corrected chi connectivity index (χ2v) is 8.75. The van der Waals surface area contributed by atoms with Crippen LogP contribution in [0.4, 0.5) is 0 Å². The molecule has 3 rings (SSSR count). The first-order chi connectivity index (χ1) is 10.7. The number of aliphatic hydroxyl groups excluding tert-OH is 1. The van der Waals surface area contributed by atoms with Crippen molar-refractivity contribution in [2.45, 2.75) is 77.7 Å². The summed E-state index contributed by atoms with van der Waals surface area (Å²) in [5.41, 5.74) is 4.34. The first-order valence-electron chi connectivity index (χ1n) is 9.11. The van der Waals surface area contributed by atoms with E-state index < -0.39 is 0 Å². The van der Waals surface area contributed by atoms with Crippen molar-refractivity contribution in [2.24, 2.45) is 11.3 Å². The minimum absolute atomic E-state index is 0.0192. The van der Waals surface area contributed by atoms with Crippen molar-refractivity contribution in [3.8, 4) is 5.75 Å². The molecule has 0 heterocycles. The molecule has 1 aromatic carbocycles. The van der Waals surface area contributed by atoms with E-state index in [1.165, 1.54) is 16.7 Å². The van der Waals surface area contributed by atoms with Crippen LogP contribution in [0, 0.1) is 11.3 Å². The highest BCUT2D eigenvalue weighted by molar-refractivity contribution is 5.52. The monoisotopic (exact) mass is 316 g/mol. The number of aliphatic hydroxyl groups is 1. The molecule has 2 aliphatic carbocycles. The molecule has 23 heavy (non-hydrogen) atoms. The SMILES string of the molecule is COc1c(C(C)C)ccc2c1CC[C@H]1C(C)(C)[C@@H](O)CC[C@]21C. The van der Waals surface area contributed by atoms with Gasteiger partial charge in [0, 0.05) is 0 Å². The fraction of sp³-hybridized carbons (Fsp3) is 0.714. The largest absolute Gasteiger partial charge is 0.496 e. The summed E-state index contributed by atoms with van der Waals surface area (Å²) >= 11 is 0. The van der Waals surface area contributed by atoms with Gasteiger partial charge in [-0.1, -0.05) is 46.8 Å². The van der Waals surface area contributed by atoms with Crippen LogP contribution in [0.2, 0.25) is 0 Å². The Morgan fingerprint density at radius 1 is 1.17 bits per heavy atom. The average Bonchev–Trinajstić information content (AvgIpc) is 2.50. The highest BCUT2D eigenvalue weighted by atomic mass is 16.5. The maximum absolute atomic E-state index is 10.5. The van der Waals surface area contributed by atoms with E-state index in [-0.39, 0.29) is 16.9 Å². The molecule has 0 aliphatic heterocycles. The van der Waals surface area contributed by atoms with Crippen molar-refractivity contribution < 1.29 is 9.84 Å². The van der Waals surface area contributed by atoms with Crippen molar-refractivity contribution >= 4 is 0 Å². The van der Waals surface area contributed by atoms with Crippen LogP contribution in [0.1, 0.15) is 76.5 Å². The van der Waals surface area contributed by atoms with Crippen molar-refractivity contribution in [3.05, 3.63) is 28.8 Å². The third-order valence-electron chi connectivity index (χ3n) is 6.88. The lowest BCUT2D eigenvalue weighted by Crippen LogP contribution is -2.53. The number of ether oxygens (including phenoxy) is 1. The van der Waals surface area contributed by atoms with Crippen LogP contribution in [0.25, 0.3) is 0 Å². The molecule has 0 unspecified atom stereocenters. The Morgan fingerprint density at radius 3 is 2.48 bits per heavy atom. The Labute approximate surface area is 141 Å². The van der Waals surface area contributed by atoms with E-state index >= 15 is 0 Å². The van der Waals surface area contributed by atoms with Crippen LogP contribution < -0.4 is 4.74 Å². The number of methoxy groups -OCH3 is 1. The summed E-state index contributed by atoms with van der Waals surface area (Å²) in [6.07, 6.45) is 3.99. The predicted octanol–water partition coefficient (Wildman–Crippen LogP) is 4.82. The molecule has 1 aromatic rings. The van der Waals surface area contributed by atoms with E-state index in [9.17, 15) is 5.11 Å². The fourth-order valence-electron chi connectivity index (χ4n) is 5.46. The van der Waals surface area contributed by atoms with Gasteiger partial charge in [-0.3, -0.25) is 0 Å². The predicted molar refractivity (Wildman–Crippen MR) is 95.3 cm³/mol. The summed E-state index contributed by atoms with van der Waals surface area (Å²) in [4.78, 5) is 0. The number of rotatable bonds is 2. The van der Waals surface area contributed by atoms with Gasteiger partial charge in [0.25, 0.3) is 0 Å². The van der Waals surface area contributed by atoms with Gasteiger partial charge >= 0.3 is 0 Å². The molecule has 1 saturated carbocycles. The standard InChI is InChI=1S/C21H32O2/c1-13(2)14-7-9-16-15(19(14)23-6)8-10-17-20(3,4)18(22)11-12-21(16,17)5/h7,9,13,17-18,22H,8,10-12H2,1-6H3/t17-,18-,21+/m0/s1. The van der Waals surface area contributed by atoms with Gasteiger partial charge in [0.1, 0.15) is 5.75 Å². The first-order valence-corrected chi connectivity index (χ1v) is 9.11. The summed E-state index contributed by atoms with van der Waals surface area (Å²) in [5, 5.41) is 10.5. The van der Waals surface area contributed by atoms with Crippen LogP contribution in [-0.2, 0) is 11.8 Å². The van der Waals surface area contributed by atoms with E-state index in [4.69, 9.17) is 4.74 Å². The molecule has 3 atom stereocenters. The molecule has 0 bridgehead atoms. The van der Waals surface area contributed by atoms with Gasteiger partial charge in [-0.2, -0.15) is 0 Å². The first kappa shape index (κ1) is 16.8. The summed E-state index contributed by atoms with van der Waals surface area (Å²) in [6, 6.07) is 4.63. The van der Waals surface area contributed by atoms with Crippen molar-refractivity contribution in [1.82, 2.24) is 0 Å². The molecule has 1 N–H and O–H groups in total. The Kier molecular flexibility index (Phi) is 4.03. The third kappa shape index (κ3) is 2.33. The lowest BCUT2D eigenvalue weighted by Gasteiger charge is -2.56. The van der Waals surface area contributed by atoms with Gasteiger partial charge in [-0.25, -0.2) is 0 Å². The molecule has 2 aliphatic rings. The Morgan fingerprint density at radius 2 is 1.87 bits per heavy atom. The summed E-state index contributed by atoms with van der Waals surface area (Å²) < 4.78 is 5.85. The second kappa shape index (κ2) is 5.51. The quantitative estimate of drug-likeness (QED) is 0.847. The molecular formula is C21H32O2. The smallest absolute Gasteiger partial charge is 0.125 e. The molecule has 0 radical (unpaired) electrons. The van der Waals surface area contributed by atoms with Gasteiger partial charge < -0.3 is 9.84 Å². The zero-order valence-electron chi connectivity index (χ0n) is 15.6. The van der Waals surface area contributed by atoms with E-state index in [0.29, 0.717) is 11.8 Å². The van der Waals surface area contributed by atoms with Crippen LogP contribution in [0.5, 0.6) is 5.75 Å². The number of benzene rings is 1. The highest BCUT2D eigenvalue weighted by Gasteiger charge is 2.53. The molecule has 2 heteroatoms. The second-order valence-electron chi connectivity index (χ2n) is 8.75.